The second-order valence-electron chi connectivity index (χ2n) is 5.95. The topological polar surface area (TPSA) is 101 Å². The van der Waals surface area contributed by atoms with E-state index in [2.05, 4.69) is 32.1 Å². The molecule has 0 unspecified atom stereocenters. The standard InChI is InChI=1S/C16H19N7O2/c1-2-4-13-19-14(21-20-13)12-10-22(7-8-25-12)15(24)11-9-23-6-3-5-17-16(23)18-11/h3,5-6,9,12H,2,4,7-8,10H2,1H3,(H,19,20,21)/t12-/m0/s1. The van der Waals surface area contributed by atoms with E-state index in [1.54, 1.807) is 27.8 Å². The number of fused-ring (bicyclic) bond motifs is 1. The van der Waals surface area contributed by atoms with Crippen LogP contribution in [0.4, 0.5) is 0 Å². The number of carbonyl (C=O) groups excluding carboxylic acids is 1. The molecule has 9 nitrogen and oxygen atoms in total. The summed E-state index contributed by atoms with van der Waals surface area (Å²) in [6.07, 6.45) is 6.68. The van der Waals surface area contributed by atoms with Gasteiger partial charge in [0.2, 0.25) is 5.78 Å². The van der Waals surface area contributed by atoms with Gasteiger partial charge < -0.3 is 9.64 Å². The predicted octanol–water partition coefficient (Wildman–Crippen LogP) is 1.01. The largest absolute Gasteiger partial charge is 0.366 e. The van der Waals surface area contributed by atoms with Gasteiger partial charge in [-0.1, -0.05) is 6.92 Å². The van der Waals surface area contributed by atoms with Crippen molar-refractivity contribution in [2.45, 2.75) is 25.9 Å². The zero-order chi connectivity index (χ0) is 17.2. The van der Waals surface area contributed by atoms with Crippen LogP contribution in [-0.4, -0.2) is 60.1 Å². The number of imidazole rings is 1. The summed E-state index contributed by atoms with van der Waals surface area (Å²) in [5.41, 5.74) is 0.376. The van der Waals surface area contributed by atoms with Crippen LogP contribution in [0.2, 0.25) is 0 Å². The number of H-pyrrole nitrogens is 1. The maximum absolute atomic E-state index is 12.8. The number of aromatic amines is 1. The van der Waals surface area contributed by atoms with E-state index in [1.165, 1.54) is 0 Å². The third-order valence-electron chi connectivity index (χ3n) is 4.13. The van der Waals surface area contributed by atoms with Crippen molar-refractivity contribution in [3.63, 3.8) is 0 Å². The van der Waals surface area contributed by atoms with Crippen molar-refractivity contribution in [2.24, 2.45) is 0 Å². The fourth-order valence-corrected chi connectivity index (χ4v) is 2.89. The molecule has 0 aliphatic carbocycles. The molecule has 0 spiro atoms. The normalized spacial score (nSPS) is 18.0. The van der Waals surface area contributed by atoms with Crippen LogP contribution in [0, 0.1) is 0 Å². The van der Waals surface area contributed by atoms with Crippen LogP contribution in [0.3, 0.4) is 0 Å². The number of nitrogens with one attached hydrogen (secondary N) is 1. The number of aryl methyl sites for hydroxylation is 1. The van der Waals surface area contributed by atoms with E-state index >= 15 is 0 Å². The Kier molecular flexibility index (Phi) is 4.14. The van der Waals surface area contributed by atoms with Gasteiger partial charge in [0, 0.05) is 31.6 Å². The number of aromatic nitrogens is 6. The third kappa shape index (κ3) is 3.10. The summed E-state index contributed by atoms with van der Waals surface area (Å²) < 4.78 is 7.49. The molecule has 0 bridgehead atoms. The molecule has 4 rings (SSSR count). The van der Waals surface area contributed by atoms with Gasteiger partial charge in [-0.05, 0) is 12.5 Å². The predicted molar refractivity (Wildman–Crippen MR) is 88.0 cm³/mol. The average molecular weight is 341 g/mol. The minimum atomic E-state index is -0.324. The number of rotatable bonds is 4. The summed E-state index contributed by atoms with van der Waals surface area (Å²) in [4.78, 5) is 27.4. The smallest absolute Gasteiger partial charge is 0.274 e. The van der Waals surface area contributed by atoms with Crippen LogP contribution >= 0.6 is 0 Å². The molecule has 1 amide bonds. The van der Waals surface area contributed by atoms with Crippen LogP contribution in [0.25, 0.3) is 5.78 Å². The van der Waals surface area contributed by atoms with Gasteiger partial charge in [-0.25, -0.2) is 15.0 Å². The quantitative estimate of drug-likeness (QED) is 0.760. The monoisotopic (exact) mass is 341 g/mol. The summed E-state index contributed by atoms with van der Waals surface area (Å²) in [5.74, 6) is 1.81. The van der Waals surface area contributed by atoms with Crippen LogP contribution in [0.5, 0.6) is 0 Å². The van der Waals surface area contributed by atoms with E-state index in [0.717, 1.165) is 18.7 Å². The van der Waals surface area contributed by atoms with Crippen molar-refractivity contribution < 1.29 is 9.53 Å². The van der Waals surface area contributed by atoms with Crippen molar-refractivity contribution in [2.75, 3.05) is 19.7 Å². The SMILES string of the molecule is CCCc1nc([C@@H]2CN(C(=O)c3cn4cccnc4n3)CCO2)n[nH]1. The van der Waals surface area contributed by atoms with Crippen molar-refractivity contribution in [3.8, 4) is 0 Å². The molecule has 25 heavy (non-hydrogen) atoms. The lowest BCUT2D eigenvalue weighted by molar-refractivity contribution is -0.0268. The zero-order valence-corrected chi connectivity index (χ0v) is 13.9. The van der Waals surface area contributed by atoms with Gasteiger partial charge in [-0.3, -0.25) is 14.3 Å². The van der Waals surface area contributed by atoms with Gasteiger partial charge in [-0.15, -0.1) is 0 Å². The van der Waals surface area contributed by atoms with E-state index in [1.807, 2.05) is 6.20 Å². The number of ether oxygens (including phenoxy) is 1. The van der Waals surface area contributed by atoms with Gasteiger partial charge in [0.1, 0.15) is 17.6 Å². The fourth-order valence-electron chi connectivity index (χ4n) is 2.89. The Bertz CT molecular complexity index is 854. The molecule has 0 aromatic carbocycles. The summed E-state index contributed by atoms with van der Waals surface area (Å²) >= 11 is 0. The number of hydrogen-bond acceptors (Lipinski definition) is 6. The number of carbonyl (C=O) groups is 1. The lowest BCUT2D eigenvalue weighted by atomic mass is 10.2. The first-order valence-electron chi connectivity index (χ1n) is 8.36. The molecule has 3 aromatic heterocycles. The maximum Gasteiger partial charge on any atom is 0.274 e. The first-order chi connectivity index (χ1) is 12.2. The Morgan fingerprint density at radius 2 is 2.36 bits per heavy atom. The van der Waals surface area contributed by atoms with E-state index in [4.69, 9.17) is 4.74 Å². The number of amides is 1. The molecule has 130 valence electrons. The molecule has 0 saturated carbocycles. The molecule has 4 heterocycles. The second kappa shape index (κ2) is 6.60. The Morgan fingerprint density at radius 3 is 3.20 bits per heavy atom. The summed E-state index contributed by atoms with van der Waals surface area (Å²) in [6.45, 7) is 3.45. The minimum absolute atomic E-state index is 0.136. The summed E-state index contributed by atoms with van der Waals surface area (Å²) in [6, 6.07) is 1.80. The van der Waals surface area contributed by atoms with E-state index in [9.17, 15) is 4.79 Å². The molecule has 3 aromatic rings. The molecular weight excluding hydrogens is 322 g/mol. The number of morpholine rings is 1. The molecule has 1 N–H and O–H groups in total. The van der Waals surface area contributed by atoms with Crippen LogP contribution < -0.4 is 0 Å². The molecular formula is C16H19N7O2. The highest BCUT2D eigenvalue weighted by Crippen LogP contribution is 2.20. The molecule has 0 radical (unpaired) electrons. The van der Waals surface area contributed by atoms with Crippen molar-refractivity contribution in [3.05, 3.63) is 42.0 Å². The second-order valence-corrected chi connectivity index (χ2v) is 5.95. The van der Waals surface area contributed by atoms with Gasteiger partial charge in [-0.2, -0.15) is 5.10 Å². The average Bonchev–Trinajstić information content (AvgIpc) is 3.28. The first kappa shape index (κ1) is 15.7. The van der Waals surface area contributed by atoms with Crippen molar-refractivity contribution in [1.82, 2.24) is 34.4 Å². The zero-order valence-electron chi connectivity index (χ0n) is 13.9. The molecule has 9 heteroatoms. The highest BCUT2D eigenvalue weighted by atomic mass is 16.5. The molecule has 1 atom stereocenters. The van der Waals surface area contributed by atoms with Crippen LogP contribution in [0.15, 0.2) is 24.7 Å². The van der Waals surface area contributed by atoms with Gasteiger partial charge in [0.05, 0.1) is 13.2 Å². The molecule has 1 fully saturated rings. The maximum atomic E-state index is 12.8. The van der Waals surface area contributed by atoms with Crippen molar-refractivity contribution in [1.29, 1.82) is 0 Å². The Hall–Kier alpha value is -2.81. The van der Waals surface area contributed by atoms with Gasteiger partial charge in [0.25, 0.3) is 5.91 Å². The summed E-state index contributed by atoms with van der Waals surface area (Å²) in [5, 5.41) is 7.16. The lowest BCUT2D eigenvalue weighted by Gasteiger charge is -2.31. The molecule has 1 aliphatic heterocycles. The van der Waals surface area contributed by atoms with E-state index < -0.39 is 0 Å². The lowest BCUT2D eigenvalue weighted by Crippen LogP contribution is -2.42. The van der Waals surface area contributed by atoms with Crippen LogP contribution in [-0.2, 0) is 11.2 Å². The van der Waals surface area contributed by atoms with E-state index in [-0.39, 0.29) is 12.0 Å². The number of nitrogens with zero attached hydrogens (tertiary/aromatic N) is 6. The van der Waals surface area contributed by atoms with Crippen LogP contribution in [0.1, 0.15) is 41.6 Å². The Labute approximate surface area is 144 Å². The summed E-state index contributed by atoms with van der Waals surface area (Å²) in [7, 11) is 0. The molecule has 1 saturated heterocycles. The fraction of sp³-hybridized carbons (Fsp3) is 0.438. The third-order valence-corrected chi connectivity index (χ3v) is 4.13. The number of hydrogen-bond donors (Lipinski definition) is 1. The Balaban J connectivity index is 1.50. The first-order valence-corrected chi connectivity index (χ1v) is 8.36. The molecule has 1 aliphatic rings. The highest BCUT2D eigenvalue weighted by Gasteiger charge is 2.29. The minimum Gasteiger partial charge on any atom is -0.366 e. The van der Waals surface area contributed by atoms with Gasteiger partial charge >= 0.3 is 0 Å². The Morgan fingerprint density at radius 1 is 1.44 bits per heavy atom. The highest BCUT2D eigenvalue weighted by molar-refractivity contribution is 5.92. The van der Waals surface area contributed by atoms with Crippen molar-refractivity contribution >= 4 is 11.7 Å². The van der Waals surface area contributed by atoms with E-state index in [0.29, 0.717) is 37.0 Å². The van der Waals surface area contributed by atoms with Gasteiger partial charge in [0.15, 0.2) is 5.82 Å².